The first-order chi connectivity index (χ1) is 5.16. The lowest BCUT2D eigenvalue weighted by molar-refractivity contribution is -0.118. The molecule has 5 nitrogen and oxygen atoms in total. The summed E-state index contributed by atoms with van der Waals surface area (Å²) in [6, 6.07) is 0. The molecule has 1 amide bonds. The molecule has 0 fully saturated rings. The normalized spacial score (nSPS) is 12.5. The summed E-state index contributed by atoms with van der Waals surface area (Å²) in [5.41, 5.74) is 5.16. The molecule has 0 rings (SSSR count). The predicted octanol–water partition coefficient (Wildman–Crippen LogP) is -1.33. The Morgan fingerprint density at radius 1 is 1.64 bits per heavy atom. The second-order valence-corrected chi connectivity index (χ2v) is 2.89. The molecule has 0 spiro atoms. The summed E-state index contributed by atoms with van der Waals surface area (Å²) in [7, 11) is 0. The molecule has 0 saturated carbocycles. The van der Waals surface area contributed by atoms with Gasteiger partial charge in [-0.05, 0) is 13.0 Å². The zero-order valence-electron chi connectivity index (χ0n) is 6.08. The number of hydrogen-bond acceptors (Lipinski definition) is 3. The molecular formula is C5H12N2O3S. The molecule has 0 aliphatic heterocycles. The molecule has 0 saturated heterocycles. The zero-order valence-corrected chi connectivity index (χ0v) is 6.89. The Morgan fingerprint density at radius 3 is 2.73 bits per heavy atom. The minimum atomic E-state index is -2.04. The number of amides is 1. The van der Waals surface area contributed by atoms with Gasteiger partial charge in [-0.1, -0.05) is 0 Å². The fourth-order valence-corrected chi connectivity index (χ4v) is 0.819. The van der Waals surface area contributed by atoms with Crippen LogP contribution in [0.2, 0.25) is 0 Å². The maximum atomic E-state index is 10.6. The molecule has 11 heavy (non-hydrogen) atoms. The molecule has 66 valence electrons. The summed E-state index contributed by atoms with van der Waals surface area (Å²) in [6.07, 6.45) is 0.684. The van der Waals surface area contributed by atoms with Gasteiger partial charge in [0.15, 0.2) is 11.1 Å². The van der Waals surface area contributed by atoms with E-state index < -0.39 is 17.0 Å². The molecule has 0 aromatic heterocycles. The van der Waals surface area contributed by atoms with Crippen LogP contribution in [0.25, 0.3) is 0 Å². The summed E-state index contributed by atoms with van der Waals surface area (Å²) in [6.45, 7) is 0.967. The summed E-state index contributed by atoms with van der Waals surface area (Å²) in [5.74, 6) is -0.774. The van der Waals surface area contributed by atoms with Crippen LogP contribution in [0.4, 0.5) is 0 Å². The summed E-state index contributed by atoms with van der Waals surface area (Å²) >= 11 is -2.04. The van der Waals surface area contributed by atoms with E-state index in [0.29, 0.717) is 19.5 Å². The quantitative estimate of drug-likeness (QED) is 0.361. The fraction of sp³-hybridized carbons (Fsp3) is 0.800. The van der Waals surface area contributed by atoms with Crippen LogP contribution in [0.1, 0.15) is 6.42 Å². The summed E-state index contributed by atoms with van der Waals surface area (Å²) < 4.78 is 18.3. The monoisotopic (exact) mass is 180 g/mol. The van der Waals surface area contributed by atoms with Crippen LogP contribution in [-0.4, -0.2) is 33.5 Å². The first kappa shape index (κ1) is 10.5. The number of carbonyl (C=O) groups is 1. The van der Waals surface area contributed by atoms with Crippen molar-refractivity contribution in [1.82, 2.24) is 5.32 Å². The third-order valence-corrected chi connectivity index (χ3v) is 1.47. The van der Waals surface area contributed by atoms with Crippen molar-refractivity contribution in [2.24, 2.45) is 5.73 Å². The van der Waals surface area contributed by atoms with E-state index in [4.69, 9.17) is 10.3 Å². The third kappa shape index (κ3) is 7.44. The van der Waals surface area contributed by atoms with Crippen LogP contribution in [0.5, 0.6) is 0 Å². The minimum absolute atomic E-state index is 0.357. The molecule has 0 bridgehead atoms. The van der Waals surface area contributed by atoms with Crippen LogP contribution in [-0.2, 0) is 15.9 Å². The Hall–Kier alpha value is -0.460. The molecule has 1 atom stereocenters. The average molecular weight is 180 g/mol. The van der Waals surface area contributed by atoms with Crippen LogP contribution in [0, 0.1) is 0 Å². The highest BCUT2D eigenvalue weighted by Gasteiger charge is 2.02. The van der Waals surface area contributed by atoms with Crippen molar-refractivity contribution in [3.05, 3.63) is 0 Å². The molecule has 0 aromatic rings. The number of rotatable bonds is 5. The third-order valence-electron chi connectivity index (χ3n) is 0.958. The molecule has 6 heteroatoms. The zero-order chi connectivity index (χ0) is 8.69. The molecular weight excluding hydrogens is 168 g/mol. The Kier molecular flexibility index (Phi) is 6.00. The minimum Gasteiger partial charge on any atom is -0.355 e. The van der Waals surface area contributed by atoms with E-state index in [0.717, 1.165) is 0 Å². The maximum absolute atomic E-state index is 10.6. The molecule has 1 unspecified atom stereocenters. The SMILES string of the molecule is NCCCNC(=O)CS(=O)O. The molecule has 4 N–H and O–H groups in total. The number of nitrogens with two attached hydrogens (primary N) is 1. The van der Waals surface area contributed by atoms with E-state index in [9.17, 15) is 9.00 Å². The van der Waals surface area contributed by atoms with Crippen molar-refractivity contribution in [2.45, 2.75) is 6.42 Å². The maximum Gasteiger partial charge on any atom is 0.235 e. The largest absolute Gasteiger partial charge is 0.355 e. The van der Waals surface area contributed by atoms with Gasteiger partial charge in [0.25, 0.3) is 0 Å². The van der Waals surface area contributed by atoms with Crippen LogP contribution >= 0.6 is 0 Å². The van der Waals surface area contributed by atoms with Crippen molar-refractivity contribution in [2.75, 3.05) is 18.8 Å². The summed E-state index contributed by atoms with van der Waals surface area (Å²) in [4.78, 5) is 10.6. The van der Waals surface area contributed by atoms with Gasteiger partial charge in [0.2, 0.25) is 5.91 Å². The van der Waals surface area contributed by atoms with Crippen molar-refractivity contribution in [3.8, 4) is 0 Å². The van der Waals surface area contributed by atoms with Crippen molar-refractivity contribution in [1.29, 1.82) is 0 Å². The van der Waals surface area contributed by atoms with Crippen LogP contribution in [0.3, 0.4) is 0 Å². The molecule has 0 radical (unpaired) electrons. The van der Waals surface area contributed by atoms with Crippen molar-refractivity contribution in [3.63, 3.8) is 0 Å². The Labute approximate surface area is 67.6 Å². The topological polar surface area (TPSA) is 92.4 Å². The standard InChI is InChI=1S/C5H12N2O3S/c6-2-1-3-7-5(8)4-11(9)10/h1-4,6H2,(H,7,8)(H,9,10). The highest BCUT2D eigenvalue weighted by molar-refractivity contribution is 7.80. The lowest BCUT2D eigenvalue weighted by atomic mass is 10.4. The van der Waals surface area contributed by atoms with Gasteiger partial charge in [-0.15, -0.1) is 0 Å². The molecule has 0 aromatic carbocycles. The molecule has 0 aliphatic carbocycles. The Morgan fingerprint density at radius 2 is 2.27 bits per heavy atom. The van der Waals surface area contributed by atoms with E-state index >= 15 is 0 Å². The fourth-order valence-electron chi connectivity index (χ4n) is 0.493. The van der Waals surface area contributed by atoms with E-state index in [2.05, 4.69) is 5.32 Å². The van der Waals surface area contributed by atoms with Gasteiger partial charge in [0.05, 0.1) is 0 Å². The smallest absolute Gasteiger partial charge is 0.235 e. The molecule has 0 aliphatic rings. The number of carbonyl (C=O) groups excluding carboxylic acids is 1. The Bertz CT molecular complexity index is 151. The van der Waals surface area contributed by atoms with Gasteiger partial charge in [-0.2, -0.15) is 0 Å². The van der Waals surface area contributed by atoms with Gasteiger partial charge in [-0.25, -0.2) is 4.21 Å². The van der Waals surface area contributed by atoms with Gasteiger partial charge in [-0.3, -0.25) is 4.79 Å². The van der Waals surface area contributed by atoms with Gasteiger partial charge in [0.1, 0.15) is 5.75 Å². The molecule has 0 heterocycles. The number of hydrogen-bond donors (Lipinski definition) is 3. The van der Waals surface area contributed by atoms with Gasteiger partial charge < -0.3 is 15.6 Å². The lowest BCUT2D eigenvalue weighted by Crippen LogP contribution is -2.29. The second kappa shape index (κ2) is 6.26. The average Bonchev–Trinajstić information content (AvgIpc) is 1.86. The summed E-state index contributed by atoms with van der Waals surface area (Å²) in [5, 5.41) is 2.44. The Balaban J connectivity index is 3.30. The van der Waals surface area contributed by atoms with E-state index in [-0.39, 0.29) is 5.75 Å². The second-order valence-electron chi connectivity index (χ2n) is 1.96. The first-order valence-corrected chi connectivity index (χ1v) is 4.48. The van der Waals surface area contributed by atoms with Gasteiger partial charge >= 0.3 is 0 Å². The van der Waals surface area contributed by atoms with Crippen molar-refractivity contribution >= 4 is 17.0 Å². The van der Waals surface area contributed by atoms with Gasteiger partial charge in [0, 0.05) is 6.54 Å². The highest BCUT2D eigenvalue weighted by atomic mass is 32.2. The van der Waals surface area contributed by atoms with E-state index in [1.54, 1.807) is 0 Å². The lowest BCUT2D eigenvalue weighted by Gasteiger charge is -2.00. The van der Waals surface area contributed by atoms with Crippen LogP contribution < -0.4 is 11.1 Å². The van der Waals surface area contributed by atoms with E-state index in [1.807, 2.05) is 0 Å². The van der Waals surface area contributed by atoms with E-state index in [1.165, 1.54) is 0 Å². The predicted molar refractivity (Wildman–Crippen MR) is 42.3 cm³/mol. The van der Waals surface area contributed by atoms with Crippen molar-refractivity contribution < 1.29 is 13.6 Å². The first-order valence-electron chi connectivity index (χ1n) is 3.21. The van der Waals surface area contributed by atoms with Crippen LogP contribution in [0.15, 0.2) is 0 Å². The highest BCUT2D eigenvalue weighted by Crippen LogP contribution is 1.75. The number of nitrogens with one attached hydrogen (secondary N) is 1.